The van der Waals surface area contributed by atoms with Crippen LogP contribution in [0.1, 0.15) is 15.9 Å². The molecule has 0 saturated heterocycles. The fourth-order valence-corrected chi connectivity index (χ4v) is 2.82. The highest BCUT2D eigenvalue weighted by Gasteiger charge is 2.09. The number of halogens is 1. The Balaban J connectivity index is 1.79. The summed E-state index contributed by atoms with van der Waals surface area (Å²) >= 11 is 6.16. The van der Waals surface area contributed by atoms with Crippen molar-refractivity contribution in [2.75, 3.05) is 10.6 Å². The summed E-state index contributed by atoms with van der Waals surface area (Å²) in [5.41, 5.74) is 6.85. The number of carbonyl (C=O) groups excluding carboxylic acids is 2. The summed E-state index contributed by atoms with van der Waals surface area (Å²) in [6.45, 7) is 0.278. The van der Waals surface area contributed by atoms with E-state index in [1.807, 2.05) is 18.2 Å². The Morgan fingerprint density at radius 3 is 2.50 bits per heavy atom. The van der Waals surface area contributed by atoms with E-state index in [0.29, 0.717) is 22.0 Å². The van der Waals surface area contributed by atoms with Crippen LogP contribution in [0.3, 0.4) is 0 Å². The summed E-state index contributed by atoms with van der Waals surface area (Å²) in [6.07, 6.45) is 1.55. The number of nitrogens with one attached hydrogen (secondary N) is 2. The van der Waals surface area contributed by atoms with Crippen molar-refractivity contribution < 1.29 is 9.59 Å². The first-order chi connectivity index (χ1) is 13.4. The maximum Gasteiger partial charge on any atom is 0.316 e. The fourth-order valence-electron chi connectivity index (χ4n) is 2.62. The molecule has 1 heterocycles. The van der Waals surface area contributed by atoms with E-state index in [1.54, 1.807) is 30.5 Å². The predicted molar refractivity (Wildman–Crippen MR) is 109 cm³/mol. The van der Waals surface area contributed by atoms with Gasteiger partial charge in [0.2, 0.25) is 0 Å². The molecule has 3 rings (SSSR count). The molecule has 1 aromatic heterocycles. The molecule has 0 aliphatic rings. The molecule has 28 heavy (non-hydrogen) atoms. The largest absolute Gasteiger partial charge is 0.351 e. The molecule has 142 valence electrons. The summed E-state index contributed by atoms with van der Waals surface area (Å²) in [6, 6.07) is 15.7. The third-order valence-corrected chi connectivity index (χ3v) is 4.30. The molecule has 3 aromatic rings. The van der Waals surface area contributed by atoms with E-state index in [9.17, 15) is 14.4 Å². The number of pyridine rings is 1. The maximum atomic E-state index is 12.5. The van der Waals surface area contributed by atoms with Crippen LogP contribution in [-0.4, -0.2) is 16.5 Å². The van der Waals surface area contributed by atoms with Crippen LogP contribution >= 0.6 is 11.6 Å². The van der Waals surface area contributed by atoms with Crippen LogP contribution in [0.2, 0.25) is 5.02 Å². The second-order valence-electron chi connectivity index (χ2n) is 6.00. The average Bonchev–Trinajstić information content (AvgIpc) is 2.66. The lowest BCUT2D eigenvalue weighted by Crippen LogP contribution is -2.21. The molecule has 0 spiro atoms. The van der Waals surface area contributed by atoms with Crippen molar-refractivity contribution in [2.24, 2.45) is 5.73 Å². The molecular weight excluding hydrogens is 380 g/mol. The third kappa shape index (κ3) is 4.77. The Bertz CT molecular complexity index is 1090. The second-order valence-corrected chi connectivity index (χ2v) is 6.41. The van der Waals surface area contributed by atoms with E-state index in [0.717, 1.165) is 5.56 Å². The highest BCUT2D eigenvalue weighted by atomic mass is 35.5. The van der Waals surface area contributed by atoms with E-state index in [-0.39, 0.29) is 12.1 Å². The van der Waals surface area contributed by atoms with Gasteiger partial charge in [0.25, 0.3) is 11.5 Å². The summed E-state index contributed by atoms with van der Waals surface area (Å²) in [5.74, 6) is -0.393. The van der Waals surface area contributed by atoms with Gasteiger partial charge in [-0.05, 0) is 35.9 Å². The van der Waals surface area contributed by atoms with Gasteiger partial charge in [-0.15, -0.1) is 0 Å². The molecule has 8 heteroatoms. The number of carbonyl (C=O) groups is 2. The summed E-state index contributed by atoms with van der Waals surface area (Å²) in [5, 5.41) is 5.70. The number of rotatable bonds is 5. The number of aromatic nitrogens is 1. The van der Waals surface area contributed by atoms with Crippen molar-refractivity contribution in [1.82, 2.24) is 4.57 Å². The van der Waals surface area contributed by atoms with Crippen molar-refractivity contribution in [1.29, 1.82) is 0 Å². The van der Waals surface area contributed by atoms with Crippen LogP contribution in [0.15, 0.2) is 71.7 Å². The Morgan fingerprint density at radius 2 is 1.75 bits per heavy atom. The molecule has 0 aliphatic carbocycles. The number of nitrogens with zero attached hydrogens (tertiary/aromatic N) is 1. The van der Waals surface area contributed by atoms with Crippen LogP contribution in [-0.2, 0) is 6.54 Å². The smallest absolute Gasteiger partial charge is 0.316 e. The first kappa shape index (κ1) is 19.2. The van der Waals surface area contributed by atoms with Gasteiger partial charge in [-0.1, -0.05) is 35.9 Å². The van der Waals surface area contributed by atoms with Crippen molar-refractivity contribution in [3.8, 4) is 0 Å². The molecule has 7 nitrogen and oxygen atoms in total. The van der Waals surface area contributed by atoms with E-state index in [4.69, 9.17) is 17.3 Å². The molecular formula is C20H17ClN4O3. The Kier molecular flexibility index (Phi) is 5.76. The van der Waals surface area contributed by atoms with Crippen LogP contribution < -0.4 is 21.9 Å². The lowest BCUT2D eigenvalue weighted by Gasteiger charge is -2.11. The Hall–Kier alpha value is -3.58. The standard InChI is InChI=1S/C20H17ClN4O3/c21-17-7-2-1-4-14(17)11-25-12-16(8-9-18(25)26)23-19(27)13-5-3-6-15(10-13)24-20(22)28/h1-10,12H,11H2,(H,23,27)(H3,22,24,28). The molecule has 0 fully saturated rings. The lowest BCUT2D eigenvalue weighted by molar-refractivity contribution is 0.102. The van der Waals surface area contributed by atoms with Gasteiger partial charge in [-0.3, -0.25) is 9.59 Å². The minimum Gasteiger partial charge on any atom is -0.351 e. The highest BCUT2D eigenvalue weighted by molar-refractivity contribution is 6.31. The van der Waals surface area contributed by atoms with Gasteiger partial charge < -0.3 is 20.9 Å². The van der Waals surface area contributed by atoms with Crippen molar-refractivity contribution in [3.05, 3.63) is 93.4 Å². The van der Waals surface area contributed by atoms with E-state index in [2.05, 4.69) is 10.6 Å². The van der Waals surface area contributed by atoms with E-state index in [1.165, 1.54) is 22.8 Å². The highest BCUT2D eigenvalue weighted by Crippen LogP contribution is 2.17. The van der Waals surface area contributed by atoms with Crippen molar-refractivity contribution in [2.45, 2.75) is 6.54 Å². The molecule has 0 unspecified atom stereocenters. The van der Waals surface area contributed by atoms with Crippen LogP contribution in [0.5, 0.6) is 0 Å². The van der Waals surface area contributed by atoms with Gasteiger partial charge in [-0.25, -0.2) is 4.79 Å². The van der Waals surface area contributed by atoms with E-state index >= 15 is 0 Å². The van der Waals surface area contributed by atoms with Crippen molar-refractivity contribution in [3.63, 3.8) is 0 Å². The van der Waals surface area contributed by atoms with E-state index < -0.39 is 11.9 Å². The molecule has 0 aliphatic heterocycles. The van der Waals surface area contributed by atoms with Gasteiger partial charge in [0.15, 0.2) is 0 Å². The minimum atomic E-state index is -0.718. The number of urea groups is 1. The Morgan fingerprint density at radius 1 is 0.964 bits per heavy atom. The zero-order valence-corrected chi connectivity index (χ0v) is 15.4. The topological polar surface area (TPSA) is 106 Å². The van der Waals surface area contributed by atoms with Crippen LogP contribution in [0, 0.1) is 0 Å². The number of nitrogens with two attached hydrogens (primary N) is 1. The normalized spacial score (nSPS) is 10.3. The van der Waals surface area contributed by atoms with Gasteiger partial charge in [0.05, 0.1) is 12.2 Å². The third-order valence-electron chi connectivity index (χ3n) is 3.93. The van der Waals surface area contributed by atoms with Crippen LogP contribution in [0.4, 0.5) is 16.2 Å². The fraction of sp³-hybridized carbons (Fsp3) is 0.0500. The monoisotopic (exact) mass is 396 g/mol. The SMILES string of the molecule is NC(=O)Nc1cccc(C(=O)Nc2ccc(=O)n(Cc3ccccc3Cl)c2)c1. The van der Waals surface area contributed by atoms with Gasteiger partial charge in [-0.2, -0.15) is 0 Å². The van der Waals surface area contributed by atoms with Crippen molar-refractivity contribution >= 4 is 34.9 Å². The molecule has 0 saturated carbocycles. The molecule has 0 radical (unpaired) electrons. The van der Waals surface area contributed by atoms with Gasteiger partial charge in [0, 0.05) is 28.5 Å². The average molecular weight is 397 g/mol. The summed E-state index contributed by atoms with van der Waals surface area (Å²) in [4.78, 5) is 35.6. The summed E-state index contributed by atoms with van der Waals surface area (Å²) < 4.78 is 1.46. The Labute approximate surface area is 165 Å². The first-order valence-corrected chi connectivity index (χ1v) is 8.72. The number of amides is 3. The predicted octanol–water partition coefficient (Wildman–Crippen LogP) is 3.29. The number of hydrogen-bond donors (Lipinski definition) is 3. The number of benzene rings is 2. The molecule has 2 aromatic carbocycles. The van der Waals surface area contributed by atoms with Gasteiger partial charge >= 0.3 is 6.03 Å². The number of primary amides is 1. The zero-order valence-electron chi connectivity index (χ0n) is 14.7. The lowest BCUT2D eigenvalue weighted by atomic mass is 10.2. The molecule has 0 atom stereocenters. The zero-order chi connectivity index (χ0) is 20.1. The quantitative estimate of drug-likeness (QED) is 0.616. The summed E-state index contributed by atoms with van der Waals surface area (Å²) in [7, 11) is 0. The van der Waals surface area contributed by atoms with Gasteiger partial charge in [0.1, 0.15) is 0 Å². The van der Waals surface area contributed by atoms with Crippen LogP contribution in [0.25, 0.3) is 0 Å². The number of anilines is 2. The number of hydrogen-bond acceptors (Lipinski definition) is 3. The molecule has 4 N–H and O–H groups in total. The second kappa shape index (κ2) is 8.41. The first-order valence-electron chi connectivity index (χ1n) is 8.34. The minimum absolute atomic E-state index is 0.217. The molecule has 0 bridgehead atoms. The maximum absolute atomic E-state index is 12.5. The molecule has 3 amide bonds.